The van der Waals surface area contributed by atoms with Crippen molar-refractivity contribution in [1.82, 2.24) is 0 Å². The minimum absolute atomic E-state index is 0.600. The Morgan fingerprint density at radius 2 is 2.00 bits per heavy atom. The first-order chi connectivity index (χ1) is 4.93. The first-order valence-electron chi connectivity index (χ1n) is 3.22. The zero-order chi connectivity index (χ0) is 7.23. The van der Waals surface area contributed by atoms with Gasteiger partial charge >= 0.3 is 67.7 Å². The van der Waals surface area contributed by atoms with Gasteiger partial charge in [0.2, 0.25) is 0 Å². The van der Waals surface area contributed by atoms with Gasteiger partial charge < -0.3 is 0 Å². The fourth-order valence-corrected chi connectivity index (χ4v) is 2.06. The summed E-state index contributed by atoms with van der Waals surface area (Å²) in [6, 6.07) is 10.6. The van der Waals surface area contributed by atoms with E-state index in [1.165, 1.54) is 4.46 Å². The van der Waals surface area contributed by atoms with Crippen molar-refractivity contribution in [2.75, 3.05) is 0 Å². The molecule has 0 heterocycles. The summed E-state index contributed by atoms with van der Waals surface area (Å²) < 4.78 is 1.45. The molecule has 1 rings (SSSR count). The summed E-state index contributed by atoms with van der Waals surface area (Å²) in [7, 11) is 0. The van der Waals surface area contributed by atoms with Crippen LogP contribution in [0, 0.1) is 0 Å². The molecule has 0 fully saturated rings. The summed E-state index contributed by atoms with van der Waals surface area (Å²) in [4.78, 5) is 0. The van der Waals surface area contributed by atoms with Crippen LogP contribution in [0.1, 0.15) is 0 Å². The Hall–Kier alpha value is -0.521. The van der Waals surface area contributed by atoms with Crippen LogP contribution in [0.2, 0.25) is 5.32 Å². The summed E-state index contributed by atoms with van der Waals surface area (Å²) in [5.74, 6) is 0. The third-order valence-corrected chi connectivity index (χ3v) is 3.23. The predicted octanol–water partition coefficient (Wildman–Crippen LogP) is 1.62. The topological polar surface area (TPSA) is 0 Å². The van der Waals surface area contributed by atoms with E-state index >= 15 is 0 Å². The molecule has 1 aromatic rings. The number of hydrogen-bond acceptors (Lipinski definition) is 0. The zero-order valence-corrected chi connectivity index (χ0v) is 7.50. The molecule has 10 heavy (non-hydrogen) atoms. The quantitative estimate of drug-likeness (QED) is 0.510. The normalized spacial score (nSPS) is 9.20. The van der Waals surface area contributed by atoms with Crippen molar-refractivity contribution >= 4 is 19.4 Å². The molecule has 1 heteroatoms. The summed E-state index contributed by atoms with van der Waals surface area (Å²) in [6.45, 7) is 3.69. The van der Waals surface area contributed by atoms with Gasteiger partial charge in [0.25, 0.3) is 0 Å². The second-order valence-electron chi connectivity index (χ2n) is 1.91. The molecule has 0 saturated carbocycles. The third-order valence-electron chi connectivity index (χ3n) is 1.11. The SMILES string of the molecule is C=CC[Se]c1ccccc1. The Balaban J connectivity index is 2.50. The molecule has 0 aromatic heterocycles. The second kappa shape index (κ2) is 4.32. The molecule has 0 radical (unpaired) electrons. The van der Waals surface area contributed by atoms with Gasteiger partial charge in [-0.1, -0.05) is 0 Å². The van der Waals surface area contributed by atoms with Gasteiger partial charge in [-0.2, -0.15) is 0 Å². The van der Waals surface area contributed by atoms with Crippen molar-refractivity contribution in [2.45, 2.75) is 5.32 Å². The number of allylic oxidation sites excluding steroid dienone is 1. The van der Waals surface area contributed by atoms with Crippen LogP contribution in [0.5, 0.6) is 0 Å². The Morgan fingerprint density at radius 1 is 1.30 bits per heavy atom. The first kappa shape index (κ1) is 7.58. The van der Waals surface area contributed by atoms with Gasteiger partial charge in [-0.15, -0.1) is 0 Å². The van der Waals surface area contributed by atoms with Crippen LogP contribution in [0.4, 0.5) is 0 Å². The Labute approximate surface area is 68.1 Å². The van der Waals surface area contributed by atoms with Gasteiger partial charge in [-0.05, 0) is 0 Å². The molecular weight excluding hydrogens is 187 g/mol. The number of hydrogen-bond donors (Lipinski definition) is 0. The van der Waals surface area contributed by atoms with E-state index in [0.29, 0.717) is 15.0 Å². The molecule has 0 aliphatic carbocycles. The van der Waals surface area contributed by atoms with E-state index in [0.717, 1.165) is 5.32 Å². The van der Waals surface area contributed by atoms with Crippen LogP contribution < -0.4 is 4.46 Å². The van der Waals surface area contributed by atoms with Crippen LogP contribution in [0.15, 0.2) is 43.0 Å². The molecule has 0 aliphatic heterocycles. The predicted molar refractivity (Wildman–Crippen MR) is 46.8 cm³/mol. The van der Waals surface area contributed by atoms with Crippen molar-refractivity contribution in [3.8, 4) is 0 Å². The van der Waals surface area contributed by atoms with Gasteiger partial charge in [-0.3, -0.25) is 0 Å². The molecule has 0 aliphatic rings. The van der Waals surface area contributed by atoms with E-state index in [2.05, 4.69) is 30.8 Å². The second-order valence-corrected chi connectivity index (χ2v) is 4.21. The van der Waals surface area contributed by atoms with Crippen LogP contribution in [-0.4, -0.2) is 15.0 Å². The molecule has 0 nitrogen and oxygen atoms in total. The summed E-state index contributed by atoms with van der Waals surface area (Å²) >= 11 is 0.600. The molecule has 1 aromatic carbocycles. The van der Waals surface area contributed by atoms with Crippen molar-refractivity contribution < 1.29 is 0 Å². The number of benzene rings is 1. The van der Waals surface area contributed by atoms with E-state index in [4.69, 9.17) is 0 Å². The van der Waals surface area contributed by atoms with E-state index < -0.39 is 0 Å². The van der Waals surface area contributed by atoms with Crippen molar-refractivity contribution in [3.63, 3.8) is 0 Å². The molecule has 0 bridgehead atoms. The van der Waals surface area contributed by atoms with Gasteiger partial charge in [-0.25, -0.2) is 0 Å². The maximum atomic E-state index is 3.69. The monoisotopic (exact) mass is 198 g/mol. The van der Waals surface area contributed by atoms with Crippen molar-refractivity contribution in [1.29, 1.82) is 0 Å². The van der Waals surface area contributed by atoms with Gasteiger partial charge in [0, 0.05) is 0 Å². The fourth-order valence-electron chi connectivity index (χ4n) is 0.672. The Kier molecular flexibility index (Phi) is 3.28. The van der Waals surface area contributed by atoms with Crippen molar-refractivity contribution in [2.24, 2.45) is 0 Å². The van der Waals surface area contributed by atoms with E-state index in [9.17, 15) is 0 Å². The Morgan fingerprint density at radius 3 is 2.60 bits per heavy atom. The van der Waals surface area contributed by atoms with E-state index in [1.54, 1.807) is 0 Å². The summed E-state index contributed by atoms with van der Waals surface area (Å²) in [6.07, 6.45) is 1.98. The summed E-state index contributed by atoms with van der Waals surface area (Å²) in [5.41, 5.74) is 0. The molecule has 0 atom stereocenters. The van der Waals surface area contributed by atoms with Crippen LogP contribution in [0.25, 0.3) is 0 Å². The molecule has 52 valence electrons. The molecule has 0 unspecified atom stereocenters. The first-order valence-corrected chi connectivity index (χ1v) is 5.29. The molecule has 0 saturated heterocycles. The van der Waals surface area contributed by atoms with Gasteiger partial charge in [0.1, 0.15) is 0 Å². The maximum absolute atomic E-state index is 3.69. The van der Waals surface area contributed by atoms with Crippen LogP contribution in [0.3, 0.4) is 0 Å². The van der Waals surface area contributed by atoms with Gasteiger partial charge in [0.05, 0.1) is 0 Å². The molecule has 0 amide bonds. The van der Waals surface area contributed by atoms with Gasteiger partial charge in [0.15, 0.2) is 0 Å². The van der Waals surface area contributed by atoms with E-state index in [1.807, 2.05) is 12.1 Å². The third kappa shape index (κ3) is 2.38. The molecule has 0 spiro atoms. The minimum atomic E-state index is 0.600. The molecular formula is C9H10Se. The Bertz CT molecular complexity index is 191. The molecule has 0 N–H and O–H groups in total. The summed E-state index contributed by atoms with van der Waals surface area (Å²) in [5, 5.41) is 1.14. The van der Waals surface area contributed by atoms with Crippen LogP contribution in [-0.2, 0) is 0 Å². The standard InChI is InChI=1S/C9H10Se/c1-2-8-10-9-6-4-3-5-7-9/h2-7H,1,8H2. The zero-order valence-electron chi connectivity index (χ0n) is 5.79. The van der Waals surface area contributed by atoms with Crippen molar-refractivity contribution in [3.05, 3.63) is 43.0 Å². The number of rotatable bonds is 3. The average molecular weight is 197 g/mol. The average Bonchev–Trinajstić information content (AvgIpc) is 2.03. The fraction of sp³-hybridized carbons (Fsp3) is 0.111. The van der Waals surface area contributed by atoms with Crippen LogP contribution >= 0.6 is 0 Å². The van der Waals surface area contributed by atoms with E-state index in [-0.39, 0.29) is 0 Å².